The molecule has 0 unspecified atom stereocenters. The number of hydrogen-bond donors (Lipinski definition) is 2. The zero-order chi connectivity index (χ0) is 13.2. The topological polar surface area (TPSA) is 98.5 Å². The van der Waals surface area contributed by atoms with Crippen LogP contribution in [0.15, 0.2) is 12.1 Å². The summed E-state index contributed by atoms with van der Waals surface area (Å²) < 4.78 is 29.1. The van der Waals surface area contributed by atoms with E-state index in [1.54, 1.807) is 6.92 Å². The van der Waals surface area contributed by atoms with Crippen molar-refractivity contribution in [3.05, 3.63) is 23.3 Å². The van der Waals surface area contributed by atoms with Crippen molar-refractivity contribution in [3.63, 3.8) is 0 Å². The maximum Gasteiger partial charge on any atom is 0.339 e. The molecule has 0 saturated carbocycles. The molecule has 0 radical (unpaired) electrons. The maximum atomic E-state index is 11.3. The molecular weight excluding hydrogens is 244 g/mol. The van der Waals surface area contributed by atoms with Gasteiger partial charge in [-0.2, -0.15) is 0 Å². The highest BCUT2D eigenvalue weighted by atomic mass is 32.2. The van der Waals surface area contributed by atoms with Gasteiger partial charge in [0.1, 0.15) is 0 Å². The molecule has 94 valence electrons. The highest BCUT2D eigenvalue weighted by Crippen LogP contribution is 2.26. The summed E-state index contributed by atoms with van der Waals surface area (Å²) in [6.45, 7) is 1.62. The van der Waals surface area contributed by atoms with Gasteiger partial charge in [0.25, 0.3) is 0 Å². The first-order valence-electron chi connectivity index (χ1n) is 4.71. The van der Waals surface area contributed by atoms with Crippen LogP contribution < -0.4 is 10.5 Å². The Morgan fingerprint density at radius 3 is 2.47 bits per heavy atom. The van der Waals surface area contributed by atoms with Gasteiger partial charge in [0.15, 0.2) is 0 Å². The molecule has 0 aliphatic rings. The van der Waals surface area contributed by atoms with Crippen molar-refractivity contribution in [2.45, 2.75) is 6.92 Å². The molecule has 1 aromatic carbocycles. The normalized spacial score (nSPS) is 11.0. The Kier molecular flexibility index (Phi) is 3.62. The van der Waals surface area contributed by atoms with Crippen LogP contribution in [0.4, 0.5) is 11.4 Å². The van der Waals surface area contributed by atoms with Gasteiger partial charge in [-0.25, -0.2) is 13.2 Å². The van der Waals surface area contributed by atoms with Crippen LogP contribution in [-0.2, 0) is 14.8 Å². The number of esters is 1. The molecule has 0 heterocycles. The van der Waals surface area contributed by atoms with Gasteiger partial charge in [0.2, 0.25) is 10.0 Å². The summed E-state index contributed by atoms with van der Waals surface area (Å²) in [7, 11) is -2.13. The molecule has 17 heavy (non-hydrogen) atoms. The van der Waals surface area contributed by atoms with Crippen molar-refractivity contribution in [2.24, 2.45) is 0 Å². The highest BCUT2D eigenvalue weighted by molar-refractivity contribution is 7.92. The largest absolute Gasteiger partial charge is 0.465 e. The van der Waals surface area contributed by atoms with Crippen molar-refractivity contribution >= 4 is 27.4 Å². The van der Waals surface area contributed by atoms with E-state index >= 15 is 0 Å². The average Bonchev–Trinajstić information content (AvgIpc) is 2.22. The summed E-state index contributed by atoms with van der Waals surface area (Å²) in [4.78, 5) is 11.3. The Hall–Kier alpha value is -1.76. The number of rotatable bonds is 3. The van der Waals surface area contributed by atoms with Crippen LogP contribution in [0, 0.1) is 6.92 Å². The third kappa shape index (κ3) is 3.10. The summed E-state index contributed by atoms with van der Waals surface area (Å²) in [5.41, 5.74) is 6.98. The van der Waals surface area contributed by atoms with E-state index in [2.05, 4.69) is 9.46 Å². The number of anilines is 2. The first-order valence-corrected chi connectivity index (χ1v) is 6.60. The predicted molar refractivity (Wildman–Crippen MR) is 65.4 cm³/mol. The summed E-state index contributed by atoms with van der Waals surface area (Å²) >= 11 is 0. The van der Waals surface area contributed by atoms with Gasteiger partial charge in [-0.15, -0.1) is 0 Å². The maximum absolute atomic E-state index is 11.3. The van der Waals surface area contributed by atoms with Crippen LogP contribution in [0.1, 0.15) is 15.9 Å². The standard InChI is InChI=1S/C10H14N2O4S/c1-6-8(12-17(3,14)15)5-4-7(9(6)11)10(13)16-2/h4-5,12H,11H2,1-3H3. The quantitative estimate of drug-likeness (QED) is 0.615. The summed E-state index contributed by atoms with van der Waals surface area (Å²) in [5, 5.41) is 0. The molecule has 0 saturated heterocycles. The lowest BCUT2D eigenvalue weighted by atomic mass is 10.1. The number of carbonyl (C=O) groups is 1. The van der Waals surface area contributed by atoms with Crippen molar-refractivity contribution in [3.8, 4) is 0 Å². The molecule has 0 amide bonds. The second kappa shape index (κ2) is 4.62. The molecule has 0 atom stereocenters. The fourth-order valence-electron chi connectivity index (χ4n) is 1.33. The van der Waals surface area contributed by atoms with Gasteiger partial charge >= 0.3 is 5.97 Å². The van der Waals surface area contributed by atoms with Crippen LogP contribution in [0.2, 0.25) is 0 Å². The fourth-order valence-corrected chi connectivity index (χ4v) is 1.95. The molecule has 3 N–H and O–H groups in total. The SMILES string of the molecule is COC(=O)c1ccc(NS(C)(=O)=O)c(C)c1N. The lowest BCUT2D eigenvalue weighted by molar-refractivity contribution is 0.0602. The molecule has 0 aliphatic carbocycles. The van der Waals surface area contributed by atoms with E-state index in [0.717, 1.165) is 6.26 Å². The van der Waals surface area contributed by atoms with Crippen LogP contribution in [0.5, 0.6) is 0 Å². The molecule has 0 bridgehead atoms. The first-order chi connectivity index (χ1) is 7.76. The average molecular weight is 258 g/mol. The smallest absolute Gasteiger partial charge is 0.339 e. The minimum atomic E-state index is -3.38. The Morgan fingerprint density at radius 1 is 1.41 bits per heavy atom. The number of methoxy groups -OCH3 is 1. The number of sulfonamides is 1. The monoisotopic (exact) mass is 258 g/mol. The Labute approximate surface area is 99.8 Å². The van der Waals surface area contributed by atoms with Crippen LogP contribution >= 0.6 is 0 Å². The van der Waals surface area contributed by atoms with Crippen LogP contribution in [-0.4, -0.2) is 27.8 Å². The van der Waals surface area contributed by atoms with Gasteiger partial charge < -0.3 is 10.5 Å². The molecule has 0 fully saturated rings. The zero-order valence-corrected chi connectivity index (χ0v) is 10.6. The van der Waals surface area contributed by atoms with Crippen LogP contribution in [0.25, 0.3) is 0 Å². The van der Waals surface area contributed by atoms with Crippen molar-refractivity contribution in [2.75, 3.05) is 23.8 Å². The van der Waals surface area contributed by atoms with E-state index in [-0.39, 0.29) is 11.3 Å². The molecule has 0 spiro atoms. The van der Waals surface area contributed by atoms with Gasteiger partial charge in [-0.1, -0.05) is 0 Å². The van der Waals surface area contributed by atoms with E-state index in [4.69, 9.17) is 5.73 Å². The second-order valence-corrected chi connectivity index (χ2v) is 5.31. The molecule has 0 aromatic heterocycles. The van der Waals surface area contributed by atoms with E-state index < -0.39 is 16.0 Å². The highest BCUT2D eigenvalue weighted by Gasteiger charge is 2.15. The number of nitrogens with one attached hydrogen (secondary N) is 1. The number of carbonyl (C=O) groups excluding carboxylic acids is 1. The number of nitrogen functional groups attached to an aromatic ring is 1. The lowest BCUT2D eigenvalue weighted by Gasteiger charge is -2.12. The van der Waals surface area contributed by atoms with Gasteiger partial charge in [0.05, 0.1) is 30.3 Å². The van der Waals surface area contributed by atoms with Gasteiger partial charge in [-0.05, 0) is 24.6 Å². The van der Waals surface area contributed by atoms with Crippen molar-refractivity contribution in [1.82, 2.24) is 0 Å². The fraction of sp³-hybridized carbons (Fsp3) is 0.300. The van der Waals surface area contributed by atoms with Crippen molar-refractivity contribution < 1.29 is 17.9 Å². The number of hydrogen-bond acceptors (Lipinski definition) is 5. The van der Waals surface area contributed by atoms with Gasteiger partial charge in [-0.3, -0.25) is 4.72 Å². The van der Waals surface area contributed by atoms with E-state index in [0.29, 0.717) is 11.3 Å². The molecule has 1 rings (SSSR count). The second-order valence-electron chi connectivity index (χ2n) is 3.57. The summed E-state index contributed by atoms with van der Waals surface area (Å²) in [6.07, 6.45) is 1.04. The number of ether oxygens (including phenoxy) is 1. The zero-order valence-electron chi connectivity index (χ0n) is 9.77. The molecular formula is C10H14N2O4S. The first kappa shape index (κ1) is 13.3. The molecule has 7 heteroatoms. The van der Waals surface area contributed by atoms with Crippen LogP contribution in [0.3, 0.4) is 0 Å². The Bertz CT molecular complexity index is 552. The molecule has 1 aromatic rings. The summed E-state index contributed by atoms with van der Waals surface area (Å²) in [6, 6.07) is 2.89. The van der Waals surface area contributed by atoms with E-state index in [9.17, 15) is 13.2 Å². The minimum absolute atomic E-state index is 0.200. The number of benzene rings is 1. The molecule has 6 nitrogen and oxygen atoms in total. The van der Waals surface area contributed by atoms with E-state index in [1.807, 2.05) is 0 Å². The Morgan fingerprint density at radius 2 is 2.00 bits per heavy atom. The van der Waals surface area contributed by atoms with E-state index in [1.165, 1.54) is 19.2 Å². The minimum Gasteiger partial charge on any atom is -0.465 e. The molecule has 0 aliphatic heterocycles. The predicted octanol–water partition coefficient (Wildman–Crippen LogP) is 0.735. The Balaban J connectivity index is 3.24. The number of nitrogens with two attached hydrogens (primary N) is 1. The lowest BCUT2D eigenvalue weighted by Crippen LogP contribution is -2.13. The van der Waals surface area contributed by atoms with Crippen molar-refractivity contribution in [1.29, 1.82) is 0 Å². The summed E-state index contributed by atoms with van der Waals surface area (Å²) in [5.74, 6) is -0.559. The van der Waals surface area contributed by atoms with Gasteiger partial charge in [0, 0.05) is 0 Å². The third-order valence-corrected chi connectivity index (χ3v) is 2.81. The third-order valence-electron chi connectivity index (χ3n) is 2.22.